The third-order valence-electron chi connectivity index (χ3n) is 3.37. The summed E-state index contributed by atoms with van der Waals surface area (Å²) in [7, 11) is 0. The molecule has 1 aromatic heterocycles. The van der Waals surface area contributed by atoms with Crippen molar-refractivity contribution in [2.75, 3.05) is 26.2 Å². The number of ether oxygens (including phenoxy) is 1. The average molecular weight is 361 g/mol. The first-order chi connectivity index (χ1) is 9.67. The molecule has 1 N–H and O–H groups in total. The topological polar surface area (TPSA) is 41.6 Å². The van der Waals surface area contributed by atoms with E-state index in [1.807, 2.05) is 6.07 Å². The molecule has 1 saturated heterocycles. The van der Waals surface area contributed by atoms with Crippen molar-refractivity contribution >= 4 is 33.2 Å². The van der Waals surface area contributed by atoms with E-state index in [0.29, 0.717) is 13.1 Å². The molecule has 1 aromatic rings. The number of nitrogens with one attached hydrogen (secondary N) is 1. The highest BCUT2D eigenvalue weighted by Gasteiger charge is 2.17. The van der Waals surface area contributed by atoms with Crippen LogP contribution >= 0.6 is 27.3 Å². The Morgan fingerprint density at radius 3 is 3.05 bits per heavy atom. The minimum absolute atomic E-state index is 0.0815. The fourth-order valence-corrected chi connectivity index (χ4v) is 3.75. The number of halogens is 1. The minimum atomic E-state index is 0.0815. The van der Waals surface area contributed by atoms with E-state index in [0.717, 1.165) is 36.3 Å². The molecule has 112 valence electrons. The smallest absolute Gasteiger partial charge is 0.234 e. The van der Waals surface area contributed by atoms with Crippen molar-refractivity contribution in [1.29, 1.82) is 0 Å². The molecule has 0 saturated carbocycles. The summed E-state index contributed by atoms with van der Waals surface area (Å²) in [6.07, 6.45) is 2.37. The van der Waals surface area contributed by atoms with Gasteiger partial charge in [-0.05, 0) is 47.4 Å². The van der Waals surface area contributed by atoms with Gasteiger partial charge >= 0.3 is 0 Å². The van der Waals surface area contributed by atoms with E-state index in [1.165, 1.54) is 4.88 Å². The molecule has 1 fully saturated rings. The van der Waals surface area contributed by atoms with Gasteiger partial charge in [-0.25, -0.2) is 0 Å². The SMILES string of the molecule is CCN(CC(=O)NCC1CCCO1)Cc1ccc(Br)s1. The molecule has 1 amide bonds. The van der Waals surface area contributed by atoms with Crippen LogP contribution in [0.2, 0.25) is 0 Å². The van der Waals surface area contributed by atoms with Crippen LogP contribution in [0.15, 0.2) is 15.9 Å². The monoisotopic (exact) mass is 360 g/mol. The van der Waals surface area contributed by atoms with Gasteiger partial charge in [0.25, 0.3) is 0 Å². The first-order valence-corrected chi connectivity index (χ1v) is 8.63. The highest BCUT2D eigenvalue weighted by atomic mass is 79.9. The summed E-state index contributed by atoms with van der Waals surface area (Å²) in [5, 5.41) is 2.97. The maximum Gasteiger partial charge on any atom is 0.234 e. The molecule has 2 heterocycles. The zero-order valence-electron chi connectivity index (χ0n) is 11.7. The van der Waals surface area contributed by atoms with Crippen molar-refractivity contribution < 1.29 is 9.53 Å². The molecule has 0 spiro atoms. The maximum atomic E-state index is 12.0. The van der Waals surface area contributed by atoms with E-state index in [-0.39, 0.29) is 12.0 Å². The number of thiophene rings is 1. The predicted octanol–water partition coefficient (Wildman–Crippen LogP) is 2.63. The average Bonchev–Trinajstić information content (AvgIpc) is 3.07. The third-order valence-corrected chi connectivity index (χ3v) is 4.98. The second kappa shape index (κ2) is 8.12. The van der Waals surface area contributed by atoms with Crippen LogP contribution in [0.3, 0.4) is 0 Å². The standard InChI is InChI=1S/C14H21BrN2O2S/c1-2-17(9-12-5-6-13(15)20-12)10-14(18)16-8-11-4-3-7-19-11/h5-6,11H,2-4,7-10H2,1H3,(H,16,18). The molecule has 20 heavy (non-hydrogen) atoms. The normalized spacial score (nSPS) is 18.6. The highest BCUT2D eigenvalue weighted by molar-refractivity contribution is 9.11. The van der Waals surface area contributed by atoms with Crippen molar-refractivity contribution in [2.24, 2.45) is 0 Å². The van der Waals surface area contributed by atoms with Crippen LogP contribution in [0, 0.1) is 0 Å². The van der Waals surface area contributed by atoms with Gasteiger partial charge in [0, 0.05) is 24.6 Å². The molecule has 1 atom stereocenters. The fraction of sp³-hybridized carbons (Fsp3) is 0.643. The number of nitrogens with zero attached hydrogens (tertiary/aromatic N) is 1. The lowest BCUT2D eigenvalue weighted by Crippen LogP contribution is -2.39. The van der Waals surface area contributed by atoms with Crippen molar-refractivity contribution in [3.8, 4) is 0 Å². The van der Waals surface area contributed by atoms with Crippen LogP contribution in [0.4, 0.5) is 0 Å². The van der Waals surface area contributed by atoms with Crippen molar-refractivity contribution in [3.05, 3.63) is 20.8 Å². The van der Waals surface area contributed by atoms with Crippen LogP contribution in [0.25, 0.3) is 0 Å². The number of hydrogen-bond donors (Lipinski definition) is 1. The van der Waals surface area contributed by atoms with Crippen molar-refractivity contribution in [3.63, 3.8) is 0 Å². The van der Waals surface area contributed by atoms with Crippen LogP contribution in [0.5, 0.6) is 0 Å². The molecular formula is C14H21BrN2O2S. The van der Waals surface area contributed by atoms with Gasteiger partial charge in [-0.3, -0.25) is 9.69 Å². The summed E-state index contributed by atoms with van der Waals surface area (Å²) < 4.78 is 6.63. The van der Waals surface area contributed by atoms with Crippen LogP contribution in [0.1, 0.15) is 24.6 Å². The Labute approximate surface area is 132 Å². The predicted molar refractivity (Wildman–Crippen MR) is 85.0 cm³/mol. The van der Waals surface area contributed by atoms with Gasteiger partial charge in [0.1, 0.15) is 0 Å². The Hall–Kier alpha value is -0.430. The molecule has 1 unspecified atom stereocenters. The minimum Gasteiger partial charge on any atom is -0.376 e. The molecular weight excluding hydrogens is 340 g/mol. The van der Waals surface area contributed by atoms with Crippen molar-refractivity contribution in [1.82, 2.24) is 10.2 Å². The Kier molecular flexibility index (Phi) is 6.48. The summed E-state index contributed by atoms with van der Waals surface area (Å²) in [5.74, 6) is 0.0815. The van der Waals surface area contributed by atoms with Gasteiger partial charge in [-0.1, -0.05) is 6.92 Å². The Bertz CT molecular complexity index is 433. The lowest BCUT2D eigenvalue weighted by Gasteiger charge is -2.19. The van der Waals surface area contributed by atoms with E-state index in [1.54, 1.807) is 11.3 Å². The first kappa shape index (κ1) is 15.9. The van der Waals surface area contributed by atoms with Gasteiger partial charge in [0.05, 0.1) is 16.4 Å². The van der Waals surface area contributed by atoms with Crippen LogP contribution in [-0.4, -0.2) is 43.2 Å². The van der Waals surface area contributed by atoms with E-state index < -0.39 is 0 Å². The Balaban J connectivity index is 1.72. The number of hydrogen-bond acceptors (Lipinski definition) is 4. The van der Waals surface area contributed by atoms with Gasteiger partial charge in [-0.15, -0.1) is 11.3 Å². The second-order valence-electron chi connectivity index (χ2n) is 4.95. The summed E-state index contributed by atoms with van der Waals surface area (Å²) in [6, 6.07) is 4.15. The molecule has 2 rings (SSSR count). The molecule has 0 radical (unpaired) electrons. The highest BCUT2D eigenvalue weighted by Crippen LogP contribution is 2.23. The molecule has 0 aromatic carbocycles. The molecule has 0 bridgehead atoms. The van der Waals surface area contributed by atoms with E-state index >= 15 is 0 Å². The third kappa shape index (κ3) is 5.16. The number of rotatable bonds is 7. The Morgan fingerprint density at radius 1 is 1.60 bits per heavy atom. The first-order valence-electron chi connectivity index (χ1n) is 7.02. The summed E-state index contributed by atoms with van der Waals surface area (Å²) >= 11 is 5.18. The number of amides is 1. The zero-order chi connectivity index (χ0) is 14.4. The van der Waals surface area contributed by atoms with Gasteiger partial charge in [0.15, 0.2) is 0 Å². The molecule has 1 aliphatic heterocycles. The van der Waals surface area contributed by atoms with Gasteiger partial charge < -0.3 is 10.1 Å². The zero-order valence-corrected chi connectivity index (χ0v) is 14.1. The number of carbonyl (C=O) groups excluding carboxylic acids is 1. The van der Waals surface area contributed by atoms with E-state index in [2.05, 4.69) is 39.1 Å². The molecule has 6 heteroatoms. The van der Waals surface area contributed by atoms with Crippen molar-refractivity contribution in [2.45, 2.75) is 32.4 Å². The molecule has 1 aliphatic rings. The lowest BCUT2D eigenvalue weighted by molar-refractivity contribution is -0.122. The van der Waals surface area contributed by atoms with Gasteiger partial charge in [-0.2, -0.15) is 0 Å². The quantitative estimate of drug-likeness (QED) is 0.812. The van der Waals surface area contributed by atoms with Gasteiger partial charge in [0.2, 0.25) is 5.91 Å². The Morgan fingerprint density at radius 2 is 2.45 bits per heavy atom. The fourth-order valence-electron chi connectivity index (χ4n) is 2.23. The summed E-state index contributed by atoms with van der Waals surface area (Å²) in [4.78, 5) is 15.4. The van der Waals surface area contributed by atoms with Crippen LogP contribution in [-0.2, 0) is 16.1 Å². The lowest BCUT2D eigenvalue weighted by atomic mass is 10.2. The second-order valence-corrected chi connectivity index (χ2v) is 7.50. The van der Waals surface area contributed by atoms with E-state index in [4.69, 9.17) is 4.74 Å². The maximum absolute atomic E-state index is 12.0. The largest absolute Gasteiger partial charge is 0.376 e. The van der Waals surface area contributed by atoms with E-state index in [9.17, 15) is 4.79 Å². The summed E-state index contributed by atoms with van der Waals surface area (Å²) in [6.45, 7) is 5.67. The molecule has 0 aliphatic carbocycles. The molecule has 4 nitrogen and oxygen atoms in total. The van der Waals surface area contributed by atoms with Crippen LogP contribution < -0.4 is 5.32 Å². The number of carbonyl (C=O) groups is 1. The number of likely N-dealkylation sites (N-methyl/N-ethyl adjacent to an activating group) is 1. The summed E-state index contributed by atoms with van der Waals surface area (Å²) in [5.41, 5.74) is 0.